The molecule has 0 aliphatic heterocycles. The van der Waals surface area contributed by atoms with Gasteiger partial charge in [0.05, 0.1) is 0 Å². The van der Waals surface area contributed by atoms with E-state index in [4.69, 9.17) is 0 Å². The highest BCUT2D eigenvalue weighted by atomic mass is 19.4. The van der Waals surface area contributed by atoms with Crippen molar-refractivity contribution in [3.63, 3.8) is 0 Å². The van der Waals surface area contributed by atoms with Crippen LogP contribution in [0.15, 0.2) is 48.5 Å². The Kier molecular flexibility index (Phi) is 3.28. The average Bonchev–Trinajstić information content (AvgIpc) is 2.31. The van der Waals surface area contributed by atoms with Gasteiger partial charge in [-0.15, -0.1) is 13.2 Å². The maximum atomic E-state index is 12.4. The van der Waals surface area contributed by atoms with Crippen LogP contribution in [0.25, 0.3) is 11.1 Å². The third-order valence-electron chi connectivity index (χ3n) is 2.40. The lowest BCUT2D eigenvalue weighted by Crippen LogP contribution is -2.18. The second-order valence-electron chi connectivity index (χ2n) is 3.71. The molecular formula is C14H10F3O. The molecular weight excluding hydrogens is 241 g/mol. The Balaban J connectivity index is 2.51. The predicted octanol–water partition coefficient (Wildman–Crippen LogP) is 4.43. The van der Waals surface area contributed by atoms with Crippen LogP contribution in [0, 0.1) is 6.92 Å². The highest BCUT2D eigenvalue weighted by Gasteiger charge is 2.32. The number of halogens is 3. The number of ether oxygens (including phenoxy) is 1. The Morgan fingerprint density at radius 1 is 0.889 bits per heavy atom. The van der Waals surface area contributed by atoms with E-state index in [-0.39, 0.29) is 11.3 Å². The molecule has 0 fully saturated rings. The average molecular weight is 251 g/mol. The van der Waals surface area contributed by atoms with Gasteiger partial charge in [0, 0.05) is 5.56 Å². The third kappa shape index (κ3) is 2.83. The van der Waals surface area contributed by atoms with Gasteiger partial charge in [0.1, 0.15) is 5.75 Å². The first-order chi connectivity index (χ1) is 8.47. The van der Waals surface area contributed by atoms with Crippen LogP contribution < -0.4 is 4.74 Å². The molecule has 18 heavy (non-hydrogen) atoms. The van der Waals surface area contributed by atoms with Crippen LogP contribution in [0.3, 0.4) is 0 Å². The van der Waals surface area contributed by atoms with E-state index >= 15 is 0 Å². The van der Waals surface area contributed by atoms with E-state index in [1.807, 2.05) is 0 Å². The molecule has 0 saturated heterocycles. The van der Waals surface area contributed by atoms with Gasteiger partial charge in [-0.05, 0) is 18.1 Å². The van der Waals surface area contributed by atoms with E-state index in [9.17, 15) is 13.2 Å². The third-order valence-corrected chi connectivity index (χ3v) is 2.40. The number of para-hydroxylation sites is 1. The fourth-order valence-electron chi connectivity index (χ4n) is 1.67. The zero-order valence-electron chi connectivity index (χ0n) is 9.37. The molecule has 0 spiro atoms. The van der Waals surface area contributed by atoms with Gasteiger partial charge >= 0.3 is 6.36 Å². The highest BCUT2D eigenvalue weighted by Crippen LogP contribution is 2.36. The number of rotatable bonds is 2. The SMILES string of the molecule is [CH2]c1cccc(-c2ccccc2)c1OC(F)(F)F. The summed E-state index contributed by atoms with van der Waals surface area (Å²) < 4.78 is 41.2. The van der Waals surface area contributed by atoms with Crippen LogP contribution in [-0.4, -0.2) is 6.36 Å². The van der Waals surface area contributed by atoms with Crippen molar-refractivity contribution in [3.8, 4) is 16.9 Å². The van der Waals surface area contributed by atoms with Crippen molar-refractivity contribution in [1.82, 2.24) is 0 Å². The minimum atomic E-state index is -4.72. The Labute approximate surface area is 103 Å². The van der Waals surface area contributed by atoms with E-state index in [0.717, 1.165) is 0 Å². The Hall–Kier alpha value is -1.97. The largest absolute Gasteiger partial charge is 0.573 e. The van der Waals surface area contributed by atoms with E-state index in [0.29, 0.717) is 11.1 Å². The van der Waals surface area contributed by atoms with Crippen LogP contribution in [0.2, 0.25) is 0 Å². The zero-order valence-corrected chi connectivity index (χ0v) is 9.37. The fraction of sp³-hybridized carbons (Fsp3) is 0.0714. The summed E-state index contributed by atoms with van der Waals surface area (Å²) in [5.74, 6) is -0.254. The van der Waals surface area contributed by atoms with Crippen LogP contribution in [-0.2, 0) is 0 Å². The Morgan fingerprint density at radius 3 is 2.17 bits per heavy atom. The monoisotopic (exact) mass is 251 g/mol. The molecule has 0 unspecified atom stereocenters. The van der Waals surface area contributed by atoms with Gasteiger partial charge in [0.25, 0.3) is 0 Å². The number of alkyl halides is 3. The topological polar surface area (TPSA) is 9.23 Å². The molecule has 0 bridgehead atoms. The first kappa shape index (κ1) is 12.5. The van der Waals surface area contributed by atoms with Gasteiger partial charge < -0.3 is 4.74 Å². The molecule has 2 aromatic rings. The smallest absolute Gasteiger partial charge is 0.405 e. The summed E-state index contributed by atoms with van der Waals surface area (Å²) in [7, 11) is 0. The molecule has 1 nitrogen and oxygen atoms in total. The molecule has 0 N–H and O–H groups in total. The number of hydrogen-bond donors (Lipinski definition) is 0. The highest BCUT2D eigenvalue weighted by molar-refractivity contribution is 5.72. The quantitative estimate of drug-likeness (QED) is 0.767. The van der Waals surface area contributed by atoms with Crippen LogP contribution in [0.1, 0.15) is 5.56 Å². The van der Waals surface area contributed by atoms with Crippen molar-refractivity contribution in [3.05, 3.63) is 61.0 Å². The minimum absolute atomic E-state index is 0.202. The molecule has 4 heteroatoms. The van der Waals surface area contributed by atoms with Gasteiger partial charge in [-0.1, -0.05) is 48.5 Å². The molecule has 0 aliphatic rings. The van der Waals surface area contributed by atoms with Crippen molar-refractivity contribution in [2.24, 2.45) is 0 Å². The van der Waals surface area contributed by atoms with Gasteiger partial charge in [0.2, 0.25) is 0 Å². The van der Waals surface area contributed by atoms with Crippen LogP contribution in [0.5, 0.6) is 5.75 Å². The first-order valence-corrected chi connectivity index (χ1v) is 5.23. The minimum Gasteiger partial charge on any atom is -0.405 e. The van der Waals surface area contributed by atoms with Crippen molar-refractivity contribution in [2.75, 3.05) is 0 Å². The molecule has 0 atom stereocenters. The maximum absolute atomic E-state index is 12.4. The summed E-state index contributed by atoms with van der Waals surface area (Å²) in [5, 5.41) is 0. The number of benzene rings is 2. The van der Waals surface area contributed by atoms with Gasteiger partial charge in [-0.2, -0.15) is 0 Å². The standard InChI is InChI=1S/C14H10F3O/c1-10-6-5-9-12(11-7-3-2-4-8-11)13(10)18-14(15,16)17/h2-9H,1H2. The van der Waals surface area contributed by atoms with Crippen LogP contribution in [0.4, 0.5) is 13.2 Å². The molecule has 0 aromatic heterocycles. The van der Waals surface area contributed by atoms with E-state index < -0.39 is 6.36 Å². The molecule has 0 aliphatic carbocycles. The lowest BCUT2D eigenvalue weighted by atomic mass is 10.0. The summed E-state index contributed by atoms with van der Waals surface area (Å²) in [6.07, 6.45) is -4.72. The predicted molar refractivity (Wildman–Crippen MR) is 63.0 cm³/mol. The van der Waals surface area contributed by atoms with Crippen molar-refractivity contribution < 1.29 is 17.9 Å². The Morgan fingerprint density at radius 2 is 1.56 bits per heavy atom. The summed E-state index contributed by atoms with van der Waals surface area (Å²) in [6, 6.07) is 13.4. The summed E-state index contributed by atoms with van der Waals surface area (Å²) in [4.78, 5) is 0. The molecule has 0 saturated carbocycles. The summed E-state index contributed by atoms with van der Waals surface area (Å²) >= 11 is 0. The lowest BCUT2D eigenvalue weighted by molar-refractivity contribution is -0.274. The van der Waals surface area contributed by atoms with Gasteiger partial charge in [0.15, 0.2) is 0 Å². The normalized spacial score (nSPS) is 11.3. The second-order valence-corrected chi connectivity index (χ2v) is 3.71. The molecule has 93 valence electrons. The van der Waals surface area contributed by atoms with Crippen LogP contribution >= 0.6 is 0 Å². The van der Waals surface area contributed by atoms with Crippen molar-refractivity contribution >= 4 is 0 Å². The summed E-state index contributed by atoms with van der Waals surface area (Å²) in [6.45, 7) is 3.57. The zero-order chi connectivity index (χ0) is 13.2. The summed E-state index contributed by atoms with van der Waals surface area (Å²) in [5.41, 5.74) is 1.23. The molecule has 2 aromatic carbocycles. The van der Waals surface area contributed by atoms with Gasteiger partial charge in [-0.3, -0.25) is 0 Å². The van der Waals surface area contributed by atoms with Crippen molar-refractivity contribution in [2.45, 2.75) is 6.36 Å². The molecule has 0 heterocycles. The lowest BCUT2D eigenvalue weighted by Gasteiger charge is -2.15. The second kappa shape index (κ2) is 4.72. The van der Waals surface area contributed by atoms with Crippen molar-refractivity contribution in [1.29, 1.82) is 0 Å². The number of hydrogen-bond acceptors (Lipinski definition) is 1. The molecule has 1 radical (unpaired) electrons. The first-order valence-electron chi connectivity index (χ1n) is 5.23. The van der Waals surface area contributed by atoms with Gasteiger partial charge in [-0.25, -0.2) is 0 Å². The van der Waals surface area contributed by atoms with E-state index in [2.05, 4.69) is 11.7 Å². The van der Waals surface area contributed by atoms with E-state index in [1.165, 1.54) is 6.07 Å². The maximum Gasteiger partial charge on any atom is 0.573 e. The van der Waals surface area contributed by atoms with E-state index in [1.54, 1.807) is 42.5 Å². The Bertz CT molecular complexity index is 532. The fourth-order valence-corrected chi connectivity index (χ4v) is 1.67. The molecule has 0 amide bonds. The molecule has 2 rings (SSSR count).